The maximum atomic E-state index is 8.80. The third kappa shape index (κ3) is 26.1. The van der Waals surface area contributed by atoms with Crippen molar-refractivity contribution in [2.24, 2.45) is 0 Å². The first-order valence-corrected chi connectivity index (χ1v) is 0.874. The van der Waals surface area contributed by atoms with Crippen LogP contribution in [0.15, 0.2) is 0 Å². The number of hydrogen-bond acceptors (Lipinski definition) is 3. The molecule has 0 aliphatic heterocycles. The van der Waals surface area contributed by atoms with Crippen molar-refractivity contribution < 1.29 is 9.90 Å². The number of carbonyl (C=O) groups excluding carboxylic acids is 1. The zero-order valence-corrected chi connectivity index (χ0v) is 2.77. The van der Waals surface area contributed by atoms with Crippen LogP contribution in [0.5, 0.6) is 0 Å². The predicted molar refractivity (Wildman–Crippen MR) is 17.8 cm³/mol. The molecule has 5 heavy (non-hydrogen) atoms. The largest absolute Gasteiger partial charge is 0.388 e. The van der Waals surface area contributed by atoms with Crippen LogP contribution in [0.25, 0.3) is 0 Å². The van der Waals surface area contributed by atoms with Crippen LogP contribution in [0, 0.1) is 0 Å². The topological polar surface area (TPSA) is 72.3 Å². The molecule has 0 aromatic carbocycles. The zero-order valence-electron chi connectivity index (χ0n) is 2.77. The van der Waals surface area contributed by atoms with E-state index in [9.17, 15) is 0 Å². The van der Waals surface area contributed by atoms with Gasteiger partial charge in [0.05, 0.1) is 0 Å². The molecule has 0 saturated heterocycles. The number of hydrogen-bond donors (Lipinski definition) is 2. The van der Waals surface area contributed by atoms with E-state index in [0.717, 1.165) is 0 Å². The van der Waals surface area contributed by atoms with Crippen LogP contribution in [0.1, 0.15) is 0 Å². The molecule has 0 aromatic rings. The number of rotatable bonds is 1. The monoisotopic (exact) mass is 76.0 g/mol. The van der Waals surface area contributed by atoms with Crippen molar-refractivity contribution in [3.8, 4) is 0 Å². The van der Waals surface area contributed by atoms with Crippen molar-refractivity contribution in [3.05, 3.63) is 0 Å². The second kappa shape index (κ2) is 9.53. The van der Waals surface area contributed by atoms with Gasteiger partial charge in [-0.05, 0) is 0 Å². The normalized spacial score (nSPS) is 5.00. The first kappa shape index (κ1) is 8.82. The van der Waals surface area contributed by atoms with Crippen LogP contribution >= 0.6 is 0 Å². The van der Waals surface area contributed by atoms with Gasteiger partial charge in [0, 0.05) is 0 Å². The van der Waals surface area contributed by atoms with Gasteiger partial charge in [-0.1, -0.05) is 0 Å². The van der Waals surface area contributed by atoms with Crippen LogP contribution in [-0.4, -0.2) is 18.0 Å². The second-order valence-electron chi connectivity index (χ2n) is 0.302. The van der Waals surface area contributed by atoms with E-state index in [1.165, 1.54) is 6.29 Å². The van der Waals surface area contributed by atoms with Gasteiger partial charge >= 0.3 is 0 Å². The van der Waals surface area contributed by atoms with Crippen LogP contribution in [0.4, 0.5) is 0 Å². The smallest absolute Gasteiger partial charge is 0.226 e. The minimum atomic E-state index is -0.486. The highest BCUT2D eigenvalue weighted by Gasteiger charge is 1.56. The van der Waals surface area contributed by atoms with Crippen molar-refractivity contribution >= 4 is 6.29 Å². The van der Waals surface area contributed by atoms with Crippen LogP contribution in [0.2, 0.25) is 0 Å². The summed E-state index contributed by atoms with van der Waals surface area (Å²) in [6.45, 7) is -0.486. The number of aliphatic hydroxyl groups excluding tert-OH is 1. The third-order valence-electron chi connectivity index (χ3n) is 0.0645. The van der Waals surface area contributed by atoms with Gasteiger partial charge in [0.25, 0.3) is 0 Å². The number of aliphatic hydroxyl groups is 1. The summed E-state index contributed by atoms with van der Waals surface area (Å²) in [5.74, 6) is 0. The summed E-state index contributed by atoms with van der Waals surface area (Å²) >= 11 is 0. The Morgan fingerprint density at radius 1 is 1.80 bits per heavy atom. The Balaban J connectivity index is 0. The molecular formula is C2H6NO2. The highest BCUT2D eigenvalue weighted by Crippen LogP contribution is 1.28. The third-order valence-corrected chi connectivity index (χ3v) is 0.0645. The fraction of sp³-hybridized carbons (Fsp3) is 0.500. The van der Waals surface area contributed by atoms with E-state index < -0.39 is 6.61 Å². The van der Waals surface area contributed by atoms with E-state index >= 15 is 0 Å². The fourth-order valence-electron chi connectivity index (χ4n) is 0. The van der Waals surface area contributed by atoms with Gasteiger partial charge in [-0.25, -0.2) is 0 Å². The van der Waals surface area contributed by atoms with E-state index in [0.29, 0.717) is 0 Å². The van der Waals surface area contributed by atoms with Gasteiger partial charge in [0.15, 0.2) is 0 Å². The fourth-order valence-corrected chi connectivity index (χ4v) is 0. The van der Waals surface area contributed by atoms with Crippen LogP contribution in [0.3, 0.4) is 0 Å². The molecule has 0 heterocycles. The van der Waals surface area contributed by atoms with Gasteiger partial charge in [-0.15, -0.1) is 0 Å². The maximum absolute atomic E-state index is 8.80. The van der Waals surface area contributed by atoms with Crippen molar-refractivity contribution in [1.29, 1.82) is 0 Å². The Hall–Kier alpha value is -0.410. The van der Waals surface area contributed by atoms with Crippen molar-refractivity contribution in [1.82, 2.24) is 6.15 Å². The molecule has 3 heteroatoms. The van der Waals surface area contributed by atoms with E-state index in [-0.39, 0.29) is 6.15 Å². The van der Waals surface area contributed by atoms with Crippen LogP contribution in [-0.2, 0) is 4.79 Å². The van der Waals surface area contributed by atoms with Gasteiger partial charge in [0.1, 0.15) is 6.61 Å². The van der Waals surface area contributed by atoms with Crippen molar-refractivity contribution in [3.63, 3.8) is 0 Å². The van der Waals surface area contributed by atoms with E-state index in [1.54, 1.807) is 0 Å². The van der Waals surface area contributed by atoms with Gasteiger partial charge in [0.2, 0.25) is 6.29 Å². The highest BCUT2D eigenvalue weighted by molar-refractivity contribution is 5.51. The molecule has 0 atom stereocenters. The van der Waals surface area contributed by atoms with E-state index in [1.807, 2.05) is 0 Å². The lowest BCUT2D eigenvalue weighted by atomic mass is 10.9. The molecule has 0 aromatic heterocycles. The molecule has 0 saturated carbocycles. The summed E-state index contributed by atoms with van der Waals surface area (Å²) in [4.78, 5) is 8.80. The Morgan fingerprint density at radius 3 is 2.00 bits per heavy atom. The van der Waals surface area contributed by atoms with Crippen molar-refractivity contribution in [2.45, 2.75) is 0 Å². The average molecular weight is 76.1 g/mol. The van der Waals surface area contributed by atoms with E-state index in [4.69, 9.17) is 9.90 Å². The van der Waals surface area contributed by atoms with E-state index in [2.05, 4.69) is 0 Å². The maximum Gasteiger partial charge on any atom is 0.226 e. The zero-order chi connectivity index (χ0) is 3.41. The van der Waals surface area contributed by atoms with Gasteiger partial charge < -0.3 is 11.3 Å². The molecule has 0 unspecified atom stereocenters. The summed E-state index contributed by atoms with van der Waals surface area (Å²) in [6, 6.07) is 0. The standard InChI is InChI=1S/C2H3O2.H3N/c3-1-2-4;/h3H,1H2;1H3. The summed E-state index contributed by atoms with van der Waals surface area (Å²) < 4.78 is 0. The molecule has 0 aliphatic carbocycles. The molecule has 3 nitrogen and oxygen atoms in total. The Labute approximate surface area is 30.2 Å². The Morgan fingerprint density at radius 2 is 2.00 bits per heavy atom. The lowest BCUT2D eigenvalue weighted by Crippen LogP contribution is -1.75. The Kier molecular flexibility index (Phi) is 16.8. The quantitative estimate of drug-likeness (QED) is 0.431. The predicted octanol–water partition coefficient (Wildman–Crippen LogP) is -0.750. The summed E-state index contributed by atoms with van der Waals surface area (Å²) in [7, 11) is 0. The first-order valence-electron chi connectivity index (χ1n) is 0.874. The molecule has 1 radical (unpaired) electrons. The molecule has 0 fully saturated rings. The molecule has 0 bridgehead atoms. The van der Waals surface area contributed by atoms with Gasteiger partial charge in [-0.3, -0.25) is 4.79 Å². The highest BCUT2D eigenvalue weighted by atomic mass is 16.3. The molecule has 4 N–H and O–H groups in total. The summed E-state index contributed by atoms with van der Waals surface area (Å²) in [6.07, 6.45) is 1.24. The minimum Gasteiger partial charge on any atom is -0.388 e. The van der Waals surface area contributed by atoms with Crippen LogP contribution < -0.4 is 6.15 Å². The molecule has 0 aliphatic rings. The minimum absolute atomic E-state index is 0. The summed E-state index contributed by atoms with van der Waals surface area (Å²) in [5, 5.41) is 7.45. The Bertz CT molecular complexity index is 21.6. The SMILES string of the molecule is N.O=[C]CO. The molecule has 0 rings (SSSR count). The average Bonchev–Trinajstić information content (AvgIpc) is 1.37. The summed E-state index contributed by atoms with van der Waals surface area (Å²) in [5.41, 5.74) is 0. The molecule has 0 amide bonds. The lowest BCUT2D eigenvalue weighted by Gasteiger charge is -1.52. The first-order chi connectivity index (χ1) is 1.91. The van der Waals surface area contributed by atoms with Crippen molar-refractivity contribution in [2.75, 3.05) is 6.61 Å². The molecular weight excluding hydrogens is 70.0 g/mol. The molecule has 31 valence electrons. The van der Waals surface area contributed by atoms with Gasteiger partial charge in [-0.2, -0.15) is 0 Å². The second-order valence-corrected chi connectivity index (χ2v) is 0.302. The molecule has 0 spiro atoms. The lowest BCUT2D eigenvalue weighted by molar-refractivity contribution is 0.346.